The Bertz CT molecular complexity index is 391. The summed E-state index contributed by atoms with van der Waals surface area (Å²) in [4.78, 5) is 8.46. The van der Waals surface area contributed by atoms with E-state index in [0.29, 0.717) is 17.7 Å². The first-order valence-electron chi connectivity index (χ1n) is 5.01. The third-order valence-electron chi connectivity index (χ3n) is 2.12. The summed E-state index contributed by atoms with van der Waals surface area (Å²) in [5.74, 6) is 2.25. The van der Waals surface area contributed by atoms with Gasteiger partial charge in [-0.15, -0.1) is 0 Å². The van der Waals surface area contributed by atoms with Gasteiger partial charge in [0, 0.05) is 12.1 Å². The Labute approximate surface area is 88.5 Å². The van der Waals surface area contributed by atoms with Crippen molar-refractivity contribution in [3.63, 3.8) is 0 Å². The Morgan fingerprint density at radius 3 is 2.87 bits per heavy atom. The monoisotopic (exact) mass is 203 g/mol. The van der Waals surface area contributed by atoms with Crippen molar-refractivity contribution in [1.82, 2.24) is 9.97 Å². The molecular formula is C10H13N5. The molecule has 1 fully saturated rings. The second-order valence-electron chi connectivity index (χ2n) is 3.62. The second kappa shape index (κ2) is 4.13. The summed E-state index contributed by atoms with van der Waals surface area (Å²) in [6.45, 7) is 2.11. The molecule has 0 aromatic carbocycles. The lowest BCUT2D eigenvalue weighted by Gasteiger charge is -2.07. The fourth-order valence-corrected chi connectivity index (χ4v) is 1.30. The Hall–Kier alpha value is -1.83. The molecule has 0 radical (unpaired) electrons. The average molecular weight is 203 g/mol. The zero-order chi connectivity index (χ0) is 10.7. The van der Waals surface area contributed by atoms with Crippen LogP contribution in [0.15, 0.2) is 6.07 Å². The van der Waals surface area contributed by atoms with Crippen LogP contribution in [0.4, 0.5) is 11.6 Å². The van der Waals surface area contributed by atoms with Crippen molar-refractivity contribution in [3.8, 4) is 6.07 Å². The summed E-state index contributed by atoms with van der Waals surface area (Å²) in [5, 5.41) is 14.7. The van der Waals surface area contributed by atoms with E-state index in [9.17, 15) is 0 Å². The highest BCUT2D eigenvalue weighted by Crippen LogP contribution is 2.24. The molecule has 0 atom stereocenters. The van der Waals surface area contributed by atoms with Gasteiger partial charge in [-0.2, -0.15) is 5.26 Å². The number of nitrogens with zero attached hydrogens (tertiary/aromatic N) is 3. The van der Waals surface area contributed by atoms with Crippen LogP contribution in [0.2, 0.25) is 0 Å². The van der Waals surface area contributed by atoms with E-state index in [-0.39, 0.29) is 6.54 Å². The molecule has 1 aliphatic rings. The Kier molecular flexibility index (Phi) is 2.68. The van der Waals surface area contributed by atoms with Crippen LogP contribution in [0.3, 0.4) is 0 Å². The number of hydrogen-bond donors (Lipinski definition) is 2. The van der Waals surface area contributed by atoms with Crippen LogP contribution in [-0.4, -0.2) is 22.6 Å². The normalized spacial score (nSPS) is 14.4. The van der Waals surface area contributed by atoms with E-state index >= 15 is 0 Å². The van der Waals surface area contributed by atoms with Gasteiger partial charge in [-0.3, -0.25) is 0 Å². The van der Waals surface area contributed by atoms with Gasteiger partial charge in [-0.1, -0.05) is 0 Å². The smallest absolute Gasteiger partial charge is 0.132 e. The zero-order valence-corrected chi connectivity index (χ0v) is 8.62. The summed E-state index contributed by atoms with van der Waals surface area (Å²) in [7, 11) is 0. The molecule has 1 heterocycles. The van der Waals surface area contributed by atoms with Crippen LogP contribution in [0.25, 0.3) is 0 Å². The predicted octanol–water partition coefficient (Wildman–Crippen LogP) is 1.29. The van der Waals surface area contributed by atoms with Gasteiger partial charge < -0.3 is 10.6 Å². The highest BCUT2D eigenvalue weighted by molar-refractivity contribution is 5.48. The minimum atomic E-state index is 0.263. The Morgan fingerprint density at radius 1 is 1.47 bits per heavy atom. The molecule has 2 N–H and O–H groups in total. The summed E-state index contributed by atoms with van der Waals surface area (Å²) < 4.78 is 0. The van der Waals surface area contributed by atoms with Gasteiger partial charge in [0.2, 0.25) is 0 Å². The molecule has 0 amide bonds. The topological polar surface area (TPSA) is 73.6 Å². The van der Waals surface area contributed by atoms with Crippen molar-refractivity contribution >= 4 is 11.6 Å². The molecular weight excluding hydrogens is 190 g/mol. The Morgan fingerprint density at radius 2 is 2.20 bits per heavy atom. The van der Waals surface area contributed by atoms with Crippen LogP contribution in [0.1, 0.15) is 18.7 Å². The lowest BCUT2D eigenvalue weighted by Crippen LogP contribution is -2.08. The van der Waals surface area contributed by atoms with Crippen molar-refractivity contribution in [3.05, 3.63) is 11.9 Å². The maximum atomic E-state index is 8.45. The molecule has 0 spiro atoms. The molecule has 1 saturated carbocycles. The van der Waals surface area contributed by atoms with E-state index < -0.39 is 0 Å². The van der Waals surface area contributed by atoms with Gasteiger partial charge in [-0.05, 0) is 19.8 Å². The summed E-state index contributed by atoms with van der Waals surface area (Å²) in [6, 6.07) is 4.42. The summed E-state index contributed by atoms with van der Waals surface area (Å²) in [6.07, 6.45) is 2.42. The lowest BCUT2D eigenvalue weighted by molar-refractivity contribution is 1.02. The van der Waals surface area contributed by atoms with Gasteiger partial charge in [0.25, 0.3) is 0 Å². The number of aromatic nitrogens is 2. The molecule has 0 aliphatic heterocycles. The number of nitrogens with one attached hydrogen (secondary N) is 2. The van der Waals surface area contributed by atoms with Crippen LogP contribution in [0.5, 0.6) is 0 Å². The SMILES string of the molecule is Cc1nc(NCC#N)cc(NC2CC2)n1. The molecule has 78 valence electrons. The lowest BCUT2D eigenvalue weighted by atomic mass is 10.4. The minimum Gasteiger partial charge on any atom is -0.367 e. The molecule has 1 aromatic heterocycles. The van der Waals surface area contributed by atoms with E-state index in [1.54, 1.807) is 0 Å². The van der Waals surface area contributed by atoms with Crippen molar-refractivity contribution in [2.75, 3.05) is 17.2 Å². The molecule has 15 heavy (non-hydrogen) atoms. The van der Waals surface area contributed by atoms with Crippen LogP contribution < -0.4 is 10.6 Å². The molecule has 0 bridgehead atoms. The maximum absolute atomic E-state index is 8.45. The Balaban J connectivity index is 2.09. The largest absolute Gasteiger partial charge is 0.367 e. The first-order valence-corrected chi connectivity index (χ1v) is 5.01. The number of hydrogen-bond acceptors (Lipinski definition) is 5. The van der Waals surface area contributed by atoms with E-state index in [1.807, 2.05) is 19.1 Å². The third kappa shape index (κ3) is 2.81. The molecule has 5 nitrogen and oxygen atoms in total. The molecule has 5 heteroatoms. The molecule has 0 saturated heterocycles. The quantitative estimate of drug-likeness (QED) is 0.721. The van der Waals surface area contributed by atoms with Gasteiger partial charge in [0.05, 0.1) is 6.07 Å². The van der Waals surface area contributed by atoms with E-state index in [0.717, 1.165) is 5.82 Å². The maximum Gasteiger partial charge on any atom is 0.132 e. The van der Waals surface area contributed by atoms with Crippen LogP contribution in [-0.2, 0) is 0 Å². The first kappa shape index (κ1) is 9.71. The van der Waals surface area contributed by atoms with Crippen LogP contribution in [0, 0.1) is 18.3 Å². The standard InChI is InChI=1S/C10H13N5/c1-7-13-9(12-5-4-11)6-10(14-7)15-8-2-3-8/h6,8H,2-3,5H2,1H3,(H2,12,13,14,15). The zero-order valence-electron chi connectivity index (χ0n) is 8.62. The number of anilines is 2. The van der Waals surface area contributed by atoms with Crippen molar-refractivity contribution in [2.24, 2.45) is 0 Å². The third-order valence-corrected chi connectivity index (χ3v) is 2.12. The van der Waals surface area contributed by atoms with Gasteiger partial charge in [0.15, 0.2) is 0 Å². The average Bonchev–Trinajstić information content (AvgIpc) is 2.98. The highest BCUT2D eigenvalue weighted by atomic mass is 15.1. The number of nitriles is 1. The van der Waals surface area contributed by atoms with Crippen molar-refractivity contribution in [1.29, 1.82) is 5.26 Å². The number of aryl methyl sites for hydroxylation is 1. The first-order chi connectivity index (χ1) is 7.28. The van der Waals surface area contributed by atoms with E-state index in [2.05, 4.69) is 20.6 Å². The molecule has 2 rings (SSSR count). The van der Waals surface area contributed by atoms with Crippen molar-refractivity contribution < 1.29 is 0 Å². The van der Waals surface area contributed by atoms with Crippen molar-refractivity contribution in [2.45, 2.75) is 25.8 Å². The van der Waals surface area contributed by atoms with Gasteiger partial charge in [-0.25, -0.2) is 9.97 Å². The van der Waals surface area contributed by atoms with Gasteiger partial charge >= 0.3 is 0 Å². The summed E-state index contributed by atoms with van der Waals surface area (Å²) in [5.41, 5.74) is 0. The van der Waals surface area contributed by atoms with E-state index in [4.69, 9.17) is 5.26 Å². The van der Waals surface area contributed by atoms with Crippen LogP contribution >= 0.6 is 0 Å². The molecule has 1 aromatic rings. The van der Waals surface area contributed by atoms with Gasteiger partial charge in [0.1, 0.15) is 24.0 Å². The fraction of sp³-hybridized carbons (Fsp3) is 0.500. The predicted molar refractivity (Wildman–Crippen MR) is 57.5 cm³/mol. The molecule has 1 aliphatic carbocycles. The van der Waals surface area contributed by atoms with E-state index in [1.165, 1.54) is 12.8 Å². The molecule has 0 unspecified atom stereocenters. The minimum absolute atomic E-state index is 0.263. The fourth-order valence-electron chi connectivity index (χ4n) is 1.30. The summed E-state index contributed by atoms with van der Waals surface area (Å²) >= 11 is 0. The second-order valence-corrected chi connectivity index (χ2v) is 3.62. The highest BCUT2D eigenvalue weighted by Gasteiger charge is 2.21. The number of rotatable bonds is 4.